The van der Waals surface area contributed by atoms with E-state index in [2.05, 4.69) is 4.98 Å². The molecule has 0 spiro atoms. The average molecular weight is 378 g/mol. The molecule has 3 heterocycles. The number of hydrogen-bond acceptors (Lipinski definition) is 5. The minimum Gasteiger partial charge on any atom is -0.338 e. The first kappa shape index (κ1) is 17.8. The van der Waals surface area contributed by atoms with Gasteiger partial charge in [-0.2, -0.15) is 0 Å². The molecule has 1 aromatic heterocycles. The Morgan fingerprint density at radius 3 is 1.93 bits per heavy atom. The van der Waals surface area contributed by atoms with Gasteiger partial charge in [0.25, 0.3) is 17.7 Å². The van der Waals surface area contributed by atoms with E-state index >= 15 is 0 Å². The van der Waals surface area contributed by atoms with Gasteiger partial charge in [0.1, 0.15) is 6.54 Å². The molecule has 2 aliphatic rings. The molecule has 0 aliphatic carbocycles. The van der Waals surface area contributed by atoms with Gasteiger partial charge in [-0.05, 0) is 24.3 Å². The molecule has 142 valence electrons. The monoisotopic (exact) mass is 378 g/mol. The van der Waals surface area contributed by atoms with Gasteiger partial charge < -0.3 is 9.80 Å². The number of aromatic nitrogens is 1. The second kappa shape index (κ2) is 7.22. The smallest absolute Gasteiger partial charge is 0.262 e. The Balaban J connectivity index is 1.36. The third kappa shape index (κ3) is 3.13. The molecule has 2 aliphatic heterocycles. The zero-order valence-corrected chi connectivity index (χ0v) is 15.1. The van der Waals surface area contributed by atoms with E-state index in [1.54, 1.807) is 58.6 Å². The first-order valence-electron chi connectivity index (χ1n) is 8.98. The van der Waals surface area contributed by atoms with Crippen LogP contribution in [0.15, 0.2) is 48.8 Å². The van der Waals surface area contributed by atoms with Gasteiger partial charge in [-0.15, -0.1) is 0 Å². The van der Waals surface area contributed by atoms with Crippen molar-refractivity contribution in [3.05, 3.63) is 65.5 Å². The summed E-state index contributed by atoms with van der Waals surface area (Å²) in [6.07, 6.45) is 3.13. The van der Waals surface area contributed by atoms with Gasteiger partial charge in [-0.3, -0.25) is 29.1 Å². The molecule has 0 N–H and O–H groups in total. The predicted octanol–water partition coefficient (Wildman–Crippen LogP) is 0.662. The SMILES string of the molecule is O=C(CN1C(=O)c2ccccc2C1=O)N1CCN(C(=O)c2ccncc2)CC1. The number of pyridine rings is 1. The third-order valence-electron chi connectivity index (χ3n) is 5.02. The lowest BCUT2D eigenvalue weighted by Crippen LogP contribution is -2.53. The van der Waals surface area contributed by atoms with Crippen LogP contribution in [-0.4, -0.2) is 76.0 Å². The van der Waals surface area contributed by atoms with Crippen LogP contribution in [0.1, 0.15) is 31.1 Å². The highest BCUT2D eigenvalue weighted by atomic mass is 16.2. The maximum absolute atomic E-state index is 12.6. The van der Waals surface area contributed by atoms with Crippen LogP contribution in [0.3, 0.4) is 0 Å². The first-order chi connectivity index (χ1) is 13.6. The summed E-state index contributed by atoms with van der Waals surface area (Å²) in [7, 11) is 0. The van der Waals surface area contributed by atoms with E-state index in [0.29, 0.717) is 42.9 Å². The van der Waals surface area contributed by atoms with Crippen molar-refractivity contribution in [1.29, 1.82) is 0 Å². The number of benzene rings is 1. The Hall–Kier alpha value is -3.55. The maximum atomic E-state index is 12.6. The summed E-state index contributed by atoms with van der Waals surface area (Å²) in [6, 6.07) is 9.86. The molecule has 4 amide bonds. The summed E-state index contributed by atoms with van der Waals surface area (Å²) >= 11 is 0. The van der Waals surface area contributed by atoms with Crippen molar-refractivity contribution >= 4 is 23.6 Å². The Morgan fingerprint density at radius 2 is 1.36 bits per heavy atom. The number of nitrogens with zero attached hydrogens (tertiary/aromatic N) is 4. The van der Waals surface area contributed by atoms with Crippen molar-refractivity contribution in [1.82, 2.24) is 19.7 Å². The second-order valence-corrected chi connectivity index (χ2v) is 6.65. The zero-order chi connectivity index (χ0) is 19.7. The molecule has 0 unspecified atom stereocenters. The van der Waals surface area contributed by atoms with Crippen molar-refractivity contribution in [2.75, 3.05) is 32.7 Å². The zero-order valence-electron chi connectivity index (χ0n) is 15.1. The summed E-state index contributed by atoms with van der Waals surface area (Å²) in [4.78, 5) is 58.0. The largest absolute Gasteiger partial charge is 0.338 e. The fourth-order valence-corrected chi connectivity index (χ4v) is 3.45. The van der Waals surface area contributed by atoms with Crippen LogP contribution in [0.25, 0.3) is 0 Å². The number of hydrogen-bond donors (Lipinski definition) is 0. The number of fused-ring (bicyclic) bond motifs is 1. The van der Waals surface area contributed by atoms with Crippen molar-refractivity contribution in [2.45, 2.75) is 0 Å². The van der Waals surface area contributed by atoms with Crippen molar-refractivity contribution in [2.24, 2.45) is 0 Å². The van der Waals surface area contributed by atoms with Gasteiger partial charge in [0, 0.05) is 44.1 Å². The molecule has 4 rings (SSSR count). The fourth-order valence-electron chi connectivity index (χ4n) is 3.45. The molecular formula is C20H18N4O4. The normalized spacial score (nSPS) is 16.4. The Morgan fingerprint density at radius 1 is 0.821 bits per heavy atom. The van der Waals surface area contributed by atoms with Crippen LogP contribution < -0.4 is 0 Å². The highest BCUT2D eigenvalue weighted by Crippen LogP contribution is 2.22. The number of carbonyl (C=O) groups is 4. The summed E-state index contributed by atoms with van der Waals surface area (Å²) in [5.41, 5.74) is 1.21. The predicted molar refractivity (Wildman–Crippen MR) is 98.5 cm³/mol. The molecule has 8 heteroatoms. The molecule has 1 aromatic carbocycles. The summed E-state index contributed by atoms with van der Waals surface area (Å²) < 4.78 is 0. The van der Waals surface area contributed by atoms with Crippen LogP contribution in [0.4, 0.5) is 0 Å². The van der Waals surface area contributed by atoms with Crippen LogP contribution >= 0.6 is 0 Å². The van der Waals surface area contributed by atoms with Gasteiger partial charge in [-0.25, -0.2) is 0 Å². The van der Waals surface area contributed by atoms with E-state index in [1.165, 1.54) is 0 Å². The van der Waals surface area contributed by atoms with Gasteiger partial charge in [-0.1, -0.05) is 12.1 Å². The van der Waals surface area contributed by atoms with Crippen LogP contribution in [0.2, 0.25) is 0 Å². The van der Waals surface area contributed by atoms with Crippen molar-refractivity contribution < 1.29 is 19.2 Å². The van der Waals surface area contributed by atoms with Crippen molar-refractivity contribution in [3.63, 3.8) is 0 Å². The molecule has 0 radical (unpaired) electrons. The van der Waals surface area contributed by atoms with Gasteiger partial charge >= 0.3 is 0 Å². The highest BCUT2D eigenvalue weighted by molar-refractivity contribution is 6.22. The number of imide groups is 1. The van der Waals surface area contributed by atoms with Crippen molar-refractivity contribution in [3.8, 4) is 0 Å². The number of carbonyl (C=O) groups excluding carboxylic acids is 4. The van der Waals surface area contributed by atoms with E-state index in [9.17, 15) is 19.2 Å². The highest BCUT2D eigenvalue weighted by Gasteiger charge is 2.37. The molecule has 0 atom stereocenters. The van der Waals surface area contributed by atoms with E-state index < -0.39 is 11.8 Å². The lowest BCUT2D eigenvalue weighted by Gasteiger charge is -2.35. The average Bonchev–Trinajstić information content (AvgIpc) is 2.99. The quantitative estimate of drug-likeness (QED) is 0.732. The molecule has 2 aromatic rings. The number of amides is 4. The summed E-state index contributed by atoms with van der Waals surface area (Å²) in [6.45, 7) is 1.23. The molecule has 8 nitrogen and oxygen atoms in total. The minimum absolute atomic E-state index is 0.102. The van der Waals surface area contributed by atoms with Gasteiger partial charge in [0.05, 0.1) is 11.1 Å². The topological polar surface area (TPSA) is 90.9 Å². The van der Waals surface area contributed by atoms with Crippen LogP contribution in [0.5, 0.6) is 0 Å². The lowest BCUT2D eigenvalue weighted by molar-refractivity contribution is -0.132. The molecule has 1 saturated heterocycles. The third-order valence-corrected chi connectivity index (χ3v) is 5.02. The summed E-state index contributed by atoms with van der Waals surface area (Å²) in [5, 5.41) is 0. The second-order valence-electron chi connectivity index (χ2n) is 6.65. The molecule has 28 heavy (non-hydrogen) atoms. The van der Waals surface area contributed by atoms with E-state index in [1.807, 2.05) is 0 Å². The van der Waals surface area contributed by atoms with E-state index in [-0.39, 0.29) is 18.4 Å². The number of piperazine rings is 1. The fraction of sp³-hybridized carbons (Fsp3) is 0.250. The Labute approximate surface area is 161 Å². The van der Waals surface area contributed by atoms with E-state index in [4.69, 9.17) is 0 Å². The first-order valence-corrected chi connectivity index (χ1v) is 8.98. The van der Waals surface area contributed by atoms with Gasteiger partial charge in [0.2, 0.25) is 5.91 Å². The molecule has 1 fully saturated rings. The Bertz CT molecular complexity index is 917. The lowest BCUT2D eigenvalue weighted by atomic mass is 10.1. The molecular weight excluding hydrogens is 360 g/mol. The van der Waals surface area contributed by atoms with E-state index in [0.717, 1.165) is 4.90 Å². The maximum Gasteiger partial charge on any atom is 0.262 e. The number of rotatable bonds is 3. The molecule has 0 saturated carbocycles. The minimum atomic E-state index is -0.444. The molecule has 0 bridgehead atoms. The Kier molecular flexibility index (Phi) is 4.60. The summed E-state index contributed by atoms with van der Waals surface area (Å²) in [5.74, 6) is -1.29. The van der Waals surface area contributed by atoms with Crippen LogP contribution in [0, 0.1) is 0 Å². The van der Waals surface area contributed by atoms with Crippen LogP contribution in [-0.2, 0) is 4.79 Å². The standard InChI is InChI=1S/C20H18N4O4/c25-17(13-24-19(27)15-3-1-2-4-16(15)20(24)28)22-9-11-23(12-10-22)18(26)14-5-7-21-8-6-14/h1-8H,9-13H2. The van der Waals surface area contributed by atoms with Gasteiger partial charge in [0.15, 0.2) is 0 Å².